The van der Waals surface area contributed by atoms with Gasteiger partial charge in [-0.1, -0.05) is 24.3 Å². The molecule has 1 rings (SSSR count). The third kappa shape index (κ3) is 4.60. The smallest absolute Gasteiger partial charge is 0.0845 e. The van der Waals surface area contributed by atoms with Gasteiger partial charge in [0.15, 0.2) is 0 Å². The molecule has 0 atom stereocenters. The van der Waals surface area contributed by atoms with Crippen LogP contribution in [0.3, 0.4) is 0 Å². The molecule has 0 aromatic carbocycles. The third-order valence-corrected chi connectivity index (χ3v) is 1.37. The zero-order valence-electron chi connectivity index (χ0n) is 5.49. The van der Waals surface area contributed by atoms with Crippen molar-refractivity contribution in [2.75, 3.05) is 0 Å². The molecule has 1 heteroatoms. The summed E-state index contributed by atoms with van der Waals surface area (Å²) in [6.45, 7) is 0. The van der Waals surface area contributed by atoms with Gasteiger partial charge < -0.3 is 0 Å². The fraction of sp³-hybridized carbons (Fsp3) is 0.500. The second kappa shape index (κ2) is 6.23. The molecule has 0 heterocycles. The van der Waals surface area contributed by atoms with Gasteiger partial charge in [0.2, 0.25) is 0 Å². The van der Waals surface area contributed by atoms with Gasteiger partial charge in [0.05, 0.1) is 0 Å². The normalized spacial score (nSPS) is 17.8. The van der Waals surface area contributed by atoms with E-state index in [1.54, 1.807) is 0 Å². The Balaban J connectivity index is 0.000000640. The molecule has 0 aromatic heterocycles. The Morgan fingerprint density at radius 3 is 1.67 bits per heavy atom. The molecule has 0 aliphatic heterocycles. The molecule has 0 saturated heterocycles. The molecule has 1 aliphatic rings. The van der Waals surface area contributed by atoms with Crippen molar-refractivity contribution in [1.82, 2.24) is 0 Å². The largest absolute Gasteiger partial charge is 1.00 e. The van der Waals surface area contributed by atoms with E-state index in [1.165, 1.54) is 25.7 Å². The minimum Gasteiger partial charge on any atom is -0.0845 e. The summed E-state index contributed by atoms with van der Waals surface area (Å²) < 4.78 is 0. The van der Waals surface area contributed by atoms with Crippen molar-refractivity contribution in [1.29, 1.82) is 0 Å². The van der Waals surface area contributed by atoms with Crippen LogP contribution in [0, 0.1) is 0 Å². The minimum atomic E-state index is 0. The summed E-state index contributed by atoms with van der Waals surface area (Å²) in [7, 11) is 0. The van der Waals surface area contributed by atoms with E-state index >= 15 is 0 Å². The van der Waals surface area contributed by atoms with Crippen molar-refractivity contribution in [3.63, 3.8) is 0 Å². The van der Waals surface area contributed by atoms with E-state index in [2.05, 4.69) is 24.3 Å². The van der Waals surface area contributed by atoms with Crippen LogP contribution in [-0.2, 0) is 19.5 Å². The summed E-state index contributed by atoms with van der Waals surface area (Å²) in [6.07, 6.45) is 14.0. The third-order valence-electron chi connectivity index (χ3n) is 1.37. The topological polar surface area (TPSA) is 0 Å². The van der Waals surface area contributed by atoms with Crippen LogP contribution in [0.5, 0.6) is 0 Å². The fourth-order valence-corrected chi connectivity index (χ4v) is 0.874. The average Bonchev–Trinajstić information content (AvgIpc) is 1.62. The van der Waals surface area contributed by atoms with Crippen molar-refractivity contribution in [2.45, 2.75) is 25.7 Å². The second-order valence-corrected chi connectivity index (χ2v) is 2.14. The summed E-state index contributed by atoms with van der Waals surface area (Å²) >= 11 is 0. The van der Waals surface area contributed by atoms with Crippen LogP contribution in [0.2, 0.25) is 0 Å². The van der Waals surface area contributed by atoms with Crippen molar-refractivity contribution in [3.05, 3.63) is 24.3 Å². The van der Waals surface area contributed by atoms with Gasteiger partial charge in [-0.15, -0.1) is 0 Å². The van der Waals surface area contributed by atoms with Crippen molar-refractivity contribution < 1.29 is 19.5 Å². The first-order valence-corrected chi connectivity index (χ1v) is 3.32. The standard InChI is InChI=1S/C8H12.Ru/c1-2-4-6-8-7-5-3-1;/h1-4H,5-8H2;/q;+1. The summed E-state index contributed by atoms with van der Waals surface area (Å²) in [5.41, 5.74) is 0. The monoisotopic (exact) mass is 210 g/mol. The number of hydrogen-bond donors (Lipinski definition) is 0. The van der Waals surface area contributed by atoms with E-state index in [4.69, 9.17) is 0 Å². The van der Waals surface area contributed by atoms with E-state index < -0.39 is 0 Å². The van der Waals surface area contributed by atoms with Crippen LogP contribution >= 0.6 is 0 Å². The molecule has 0 spiro atoms. The summed E-state index contributed by atoms with van der Waals surface area (Å²) in [4.78, 5) is 0. The molecule has 1 aliphatic carbocycles. The van der Waals surface area contributed by atoms with Gasteiger partial charge in [-0.2, -0.15) is 0 Å². The van der Waals surface area contributed by atoms with Crippen LogP contribution < -0.4 is 0 Å². The van der Waals surface area contributed by atoms with Crippen LogP contribution in [-0.4, -0.2) is 0 Å². The molecule has 0 saturated carbocycles. The zero-order chi connectivity index (χ0) is 5.66. The Hall–Kier alpha value is 0.103. The quantitative estimate of drug-likeness (QED) is 0.538. The predicted octanol–water partition coefficient (Wildman–Crippen LogP) is 2.67. The summed E-state index contributed by atoms with van der Waals surface area (Å²) in [5.74, 6) is 0. The maximum absolute atomic E-state index is 2.23. The van der Waals surface area contributed by atoms with Gasteiger partial charge in [-0.3, -0.25) is 0 Å². The SMILES string of the molecule is C1=CCCCCC=C1.[Ru+]. The van der Waals surface area contributed by atoms with Gasteiger partial charge in [-0.05, 0) is 25.7 Å². The van der Waals surface area contributed by atoms with Gasteiger partial charge in [0, 0.05) is 0 Å². The average molecular weight is 209 g/mol. The van der Waals surface area contributed by atoms with Gasteiger partial charge >= 0.3 is 19.5 Å². The van der Waals surface area contributed by atoms with Gasteiger partial charge in [-0.25, -0.2) is 0 Å². The molecule has 0 aromatic rings. The maximum atomic E-state index is 2.23. The number of hydrogen-bond acceptors (Lipinski definition) is 0. The Kier molecular flexibility index (Phi) is 6.30. The molecule has 0 bridgehead atoms. The van der Waals surface area contributed by atoms with E-state index in [0.717, 1.165) is 0 Å². The van der Waals surface area contributed by atoms with Crippen LogP contribution in [0.25, 0.3) is 0 Å². The Morgan fingerprint density at radius 1 is 0.778 bits per heavy atom. The molecule has 51 valence electrons. The van der Waals surface area contributed by atoms with Crippen molar-refractivity contribution in [2.24, 2.45) is 0 Å². The molecule has 0 amide bonds. The fourth-order valence-electron chi connectivity index (χ4n) is 0.874. The summed E-state index contributed by atoms with van der Waals surface area (Å²) in [5, 5.41) is 0. The molecule has 9 heavy (non-hydrogen) atoms. The zero-order valence-corrected chi connectivity index (χ0v) is 7.23. The molecular formula is C8H12Ru+. The number of allylic oxidation sites excluding steroid dienone is 4. The van der Waals surface area contributed by atoms with Crippen LogP contribution in [0.1, 0.15) is 25.7 Å². The first-order chi connectivity index (χ1) is 4.00. The molecule has 1 radical (unpaired) electrons. The first kappa shape index (κ1) is 9.10. The predicted molar refractivity (Wildman–Crippen MR) is 36.7 cm³/mol. The number of rotatable bonds is 0. The van der Waals surface area contributed by atoms with Crippen LogP contribution in [0.4, 0.5) is 0 Å². The Bertz CT molecular complexity index is 89.1. The molecule has 0 N–H and O–H groups in total. The first-order valence-electron chi connectivity index (χ1n) is 3.32. The molecule has 0 unspecified atom stereocenters. The Labute approximate surface area is 69.8 Å². The van der Waals surface area contributed by atoms with E-state index in [1.807, 2.05) is 0 Å². The van der Waals surface area contributed by atoms with Crippen molar-refractivity contribution >= 4 is 0 Å². The Morgan fingerprint density at radius 2 is 1.22 bits per heavy atom. The summed E-state index contributed by atoms with van der Waals surface area (Å²) in [6, 6.07) is 0. The maximum Gasteiger partial charge on any atom is 1.00 e. The van der Waals surface area contributed by atoms with E-state index in [-0.39, 0.29) is 19.5 Å². The molecule has 0 nitrogen and oxygen atoms in total. The second-order valence-electron chi connectivity index (χ2n) is 2.14. The van der Waals surface area contributed by atoms with E-state index in [0.29, 0.717) is 0 Å². The minimum absolute atomic E-state index is 0. The van der Waals surface area contributed by atoms with Gasteiger partial charge in [0.1, 0.15) is 0 Å². The molecular weight excluding hydrogens is 197 g/mol. The van der Waals surface area contributed by atoms with Gasteiger partial charge in [0.25, 0.3) is 0 Å². The van der Waals surface area contributed by atoms with E-state index in [9.17, 15) is 0 Å². The molecule has 0 fully saturated rings. The van der Waals surface area contributed by atoms with Crippen molar-refractivity contribution in [3.8, 4) is 0 Å². The van der Waals surface area contributed by atoms with Crippen LogP contribution in [0.15, 0.2) is 24.3 Å².